The van der Waals surface area contributed by atoms with Crippen molar-refractivity contribution in [2.45, 2.75) is 13.5 Å². The zero-order chi connectivity index (χ0) is 17.4. The summed E-state index contributed by atoms with van der Waals surface area (Å²) in [6.07, 6.45) is 3.17. The first-order valence-corrected chi connectivity index (χ1v) is 8.66. The SMILES string of the molecule is Cc1ccc(Cn2cnc3c(cnn3-c3ccc(Br)cc3)c2=O)cc1. The van der Waals surface area contributed by atoms with Crippen molar-refractivity contribution >= 4 is 27.0 Å². The summed E-state index contributed by atoms with van der Waals surface area (Å²) in [5, 5.41) is 4.85. The number of benzene rings is 2. The third kappa shape index (κ3) is 3.00. The molecule has 25 heavy (non-hydrogen) atoms. The lowest BCUT2D eigenvalue weighted by atomic mass is 10.1. The number of aryl methyl sites for hydroxylation is 1. The van der Waals surface area contributed by atoms with Crippen molar-refractivity contribution in [3.8, 4) is 5.69 Å². The minimum atomic E-state index is -0.0889. The molecule has 0 saturated heterocycles. The number of hydrogen-bond donors (Lipinski definition) is 0. The van der Waals surface area contributed by atoms with E-state index >= 15 is 0 Å². The fraction of sp³-hybridized carbons (Fsp3) is 0.105. The number of fused-ring (bicyclic) bond motifs is 1. The minimum Gasteiger partial charge on any atom is -0.294 e. The maximum atomic E-state index is 12.8. The van der Waals surface area contributed by atoms with E-state index in [-0.39, 0.29) is 5.56 Å². The summed E-state index contributed by atoms with van der Waals surface area (Å²) in [4.78, 5) is 17.2. The van der Waals surface area contributed by atoms with Crippen LogP contribution in [0.15, 0.2) is 70.3 Å². The van der Waals surface area contributed by atoms with Gasteiger partial charge in [-0.15, -0.1) is 0 Å². The highest BCUT2D eigenvalue weighted by Crippen LogP contribution is 2.17. The molecule has 0 saturated carbocycles. The number of aromatic nitrogens is 4. The summed E-state index contributed by atoms with van der Waals surface area (Å²) in [5.74, 6) is 0. The molecule has 0 unspecified atom stereocenters. The topological polar surface area (TPSA) is 52.7 Å². The molecule has 0 aliphatic rings. The molecular weight excluding hydrogens is 380 g/mol. The molecule has 0 atom stereocenters. The van der Waals surface area contributed by atoms with Gasteiger partial charge in [-0.1, -0.05) is 45.8 Å². The third-order valence-electron chi connectivity index (χ3n) is 4.10. The Balaban J connectivity index is 1.75. The van der Waals surface area contributed by atoms with Crippen molar-refractivity contribution < 1.29 is 0 Å². The largest absolute Gasteiger partial charge is 0.294 e. The number of halogens is 1. The van der Waals surface area contributed by atoms with Crippen molar-refractivity contribution in [1.29, 1.82) is 0 Å². The van der Waals surface area contributed by atoms with Crippen LogP contribution < -0.4 is 5.56 Å². The van der Waals surface area contributed by atoms with Crippen LogP contribution in [0.3, 0.4) is 0 Å². The number of nitrogens with zero attached hydrogens (tertiary/aromatic N) is 4. The van der Waals surface area contributed by atoms with E-state index in [0.29, 0.717) is 17.6 Å². The second-order valence-electron chi connectivity index (χ2n) is 5.93. The molecule has 0 aliphatic heterocycles. The Kier molecular flexibility index (Phi) is 3.97. The Morgan fingerprint density at radius 1 is 1.04 bits per heavy atom. The molecule has 4 rings (SSSR count). The summed E-state index contributed by atoms with van der Waals surface area (Å²) < 4.78 is 4.28. The maximum absolute atomic E-state index is 12.8. The van der Waals surface area contributed by atoms with E-state index in [1.165, 1.54) is 5.56 Å². The molecule has 0 amide bonds. The van der Waals surface area contributed by atoms with E-state index in [9.17, 15) is 4.79 Å². The molecule has 4 aromatic rings. The van der Waals surface area contributed by atoms with Crippen LogP contribution >= 0.6 is 15.9 Å². The fourth-order valence-corrected chi connectivity index (χ4v) is 2.99. The first-order valence-electron chi connectivity index (χ1n) is 7.86. The van der Waals surface area contributed by atoms with E-state index in [1.807, 2.05) is 55.5 Å². The average molecular weight is 395 g/mol. The lowest BCUT2D eigenvalue weighted by molar-refractivity contribution is 0.745. The second kappa shape index (κ2) is 6.29. The highest BCUT2D eigenvalue weighted by atomic mass is 79.9. The van der Waals surface area contributed by atoms with E-state index in [2.05, 4.69) is 26.0 Å². The Hall–Kier alpha value is -2.73. The van der Waals surface area contributed by atoms with Gasteiger partial charge in [0, 0.05) is 4.47 Å². The Morgan fingerprint density at radius 2 is 1.76 bits per heavy atom. The molecule has 0 spiro atoms. The Morgan fingerprint density at radius 3 is 2.48 bits per heavy atom. The quantitative estimate of drug-likeness (QED) is 0.532. The molecule has 6 heteroatoms. The van der Waals surface area contributed by atoms with Crippen LogP contribution in [0.25, 0.3) is 16.7 Å². The maximum Gasteiger partial charge on any atom is 0.264 e. The highest BCUT2D eigenvalue weighted by Gasteiger charge is 2.11. The molecule has 0 N–H and O–H groups in total. The van der Waals surface area contributed by atoms with Crippen LogP contribution in [-0.2, 0) is 6.54 Å². The number of rotatable bonds is 3. The molecular formula is C19H15BrN4O. The van der Waals surface area contributed by atoms with Gasteiger partial charge in [0.25, 0.3) is 5.56 Å². The van der Waals surface area contributed by atoms with Crippen molar-refractivity contribution in [2.24, 2.45) is 0 Å². The molecule has 0 aliphatic carbocycles. The molecule has 0 radical (unpaired) electrons. The predicted octanol–water partition coefficient (Wildman–Crippen LogP) is 3.70. The van der Waals surface area contributed by atoms with Crippen molar-refractivity contribution in [3.05, 3.63) is 87.0 Å². The van der Waals surface area contributed by atoms with Gasteiger partial charge in [0.1, 0.15) is 11.7 Å². The van der Waals surface area contributed by atoms with Gasteiger partial charge in [-0.05, 0) is 36.8 Å². The second-order valence-corrected chi connectivity index (χ2v) is 6.85. The van der Waals surface area contributed by atoms with Crippen molar-refractivity contribution in [1.82, 2.24) is 19.3 Å². The van der Waals surface area contributed by atoms with E-state index < -0.39 is 0 Å². The molecule has 0 bridgehead atoms. The molecule has 2 aromatic heterocycles. The van der Waals surface area contributed by atoms with Crippen molar-refractivity contribution in [3.63, 3.8) is 0 Å². The Labute approximate surface area is 152 Å². The lowest BCUT2D eigenvalue weighted by Gasteiger charge is -2.07. The zero-order valence-electron chi connectivity index (χ0n) is 13.6. The fourth-order valence-electron chi connectivity index (χ4n) is 2.72. The first kappa shape index (κ1) is 15.8. The summed E-state index contributed by atoms with van der Waals surface area (Å²) in [6, 6.07) is 15.8. The molecule has 0 fully saturated rings. The van der Waals surface area contributed by atoms with Gasteiger partial charge in [0.05, 0.1) is 18.4 Å². The van der Waals surface area contributed by atoms with Gasteiger partial charge in [-0.2, -0.15) is 5.10 Å². The lowest BCUT2D eigenvalue weighted by Crippen LogP contribution is -2.21. The van der Waals surface area contributed by atoms with E-state index in [0.717, 1.165) is 15.7 Å². The van der Waals surface area contributed by atoms with Crippen LogP contribution in [0.2, 0.25) is 0 Å². The summed E-state index contributed by atoms with van der Waals surface area (Å²) >= 11 is 3.42. The van der Waals surface area contributed by atoms with E-state index in [4.69, 9.17) is 0 Å². The van der Waals surface area contributed by atoms with Crippen LogP contribution in [-0.4, -0.2) is 19.3 Å². The van der Waals surface area contributed by atoms with Gasteiger partial charge in [-0.25, -0.2) is 9.67 Å². The monoisotopic (exact) mass is 394 g/mol. The zero-order valence-corrected chi connectivity index (χ0v) is 15.1. The first-order chi connectivity index (χ1) is 12.1. The average Bonchev–Trinajstić information content (AvgIpc) is 3.05. The molecule has 124 valence electrons. The minimum absolute atomic E-state index is 0.0889. The van der Waals surface area contributed by atoms with Gasteiger partial charge in [-0.3, -0.25) is 9.36 Å². The van der Waals surface area contributed by atoms with Crippen LogP contribution in [0, 0.1) is 6.92 Å². The van der Waals surface area contributed by atoms with Gasteiger partial charge >= 0.3 is 0 Å². The summed E-state index contributed by atoms with van der Waals surface area (Å²) in [6.45, 7) is 2.53. The van der Waals surface area contributed by atoms with Crippen LogP contribution in [0.1, 0.15) is 11.1 Å². The number of hydrogen-bond acceptors (Lipinski definition) is 3. The van der Waals surface area contributed by atoms with Crippen LogP contribution in [0.4, 0.5) is 0 Å². The summed E-state index contributed by atoms with van der Waals surface area (Å²) in [7, 11) is 0. The predicted molar refractivity (Wildman–Crippen MR) is 101 cm³/mol. The molecule has 2 aromatic carbocycles. The summed E-state index contributed by atoms with van der Waals surface area (Å²) in [5.41, 5.74) is 3.59. The normalized spacial score (nSPS) is 11.1. The smallest absolute Gasteiger partial charge is 0.264 e. The standard InChI is InChI=1S/C19H15BrN4O/c1-13-2-4-14(5-3-13)11-23-12-21-18-17(19(23)25)10-22-24(18)16-8-6-15(20)7-9-16/h2-10,12H,11H2,1H3. The Bertz CT molecular complexity index is 1100. The molecule has 2 heterocycles. The highest BCUT2D eigenvalue weighted by molar-refractivity contribution is 9.10. The van der Waals surface area contributed by atoms with Gasteiger partial charge in [0.2, 0.25) is 0 Å². The molecule has 5 nitrogen and oxygen atoms in total. The van der Waals surface area contributed by atoms with E-state index in [1.54, 1.807) is 21.8 Å². The third-order valence-corrected chi connectivity index (χ3v) is 4.63. The van der Waals surface area contributed by atoms with Crippen LogP contribution in [0.5, 0.6) is 0 Å². The van der Waals surface area contributed by atoms with Gasteiger partial charge in [0.15, 0.2) is 5.65 Å². The van der Waals surface area contributed by atoms with Gasteiger partial charge < -0.3 is 0 Å². The van der Waals surface area contributed by atoms with Crippen molar-refractivity contribution in [2.75, 3.05) is 0 Å².